The van der Waals surface area contributed by atoms with Crippen molar-refractivity contribution in [2.45, 2.75) is 38.8 Å². The van der Waals surface area contributed by atoms with E-state index < -0.39 is 17.7 Å². The van der Waals surface area contributed by atoms with Crippen molar-refractivity contribution in [2.24, 2.45) is 0 Å². The van der Waals surface area contributed by atoms with Crippen LogP contribution in [0.1, 0.15) is 47.1 Å². The average Bonchev–Trinajstić information content (AvgIpc) is 3.35. The lowest BCUT2D eigenvalue weighted by atomic mass is 10.00. The molecule has 0 bridgehead atoms. The minimum atomic E-state index is -0.502. The summed E-state index contributed by atoms with van der Waals surface area (Å²) in [5.41, 5.74) is 1.19. The number of hydrogen-bond acceptors (Lipinski definition) is 4. The average molecular weight is 499 g/mol. The van der Waals surface area contributed by atoms with Crippen molar-refractivity contribution in [1.82, 2.24) is 9.80 Å². The van der Waals surface area contributed by atoms with Crippen molar-refractivity contribution < 1.29 is 23.1 Å². The zero-order chi connectivity index (χ0) is 24.9. The number of halogens is 2. The van der Waals surface area contributed by atoms with Gasteiger partial charge >= 0.3 is 0 Å². The van der Waals surface area contributed by atoms with Gasteiger partial charge in [0.2, 0.25) is 5.91 Å². The maximum atomic E-state index is 14.1. The second-order valence-electron chi connectivity index (χ2n) is 8.59. The number of ether oxygens (including phenoxy) is 1. The van der Waals surface area contributed by atoms with E-state index >= 15 is 0 Å². The Morgan fingerprint density at radius 2 is 1.97 bits per heavy atom. The molecule has 3 aromatic rings. The van der Waals surface area contributed by atoms with Crippen LogP contribution in [-0.4, -0.2) is 47.4 Å². The Hall–Kier alpha value is -3.26. The Morgan fingerprint density at radius 3 is 2.71 bits per heavy atom. The van der Waals surface area contributed by atoms with Crippen LogP contribution in [0.25, 0.3) is 0 Å². The van der Waals surface area contributed by atoms with Gasteiger partial charge < -0.3 is 14.5 Å². The first kappa shape index (κ1) is 24.9. The molecule has 4 rings (SSSR count). The summed E-state index contributed by atoms with van der Waals surface area (Å²) in [6, 6.07) is 13.0. The minimum absolute atomic E-state index is 0.0948. The standard InChI is InChI=1S/C27H28F2N2O3S/c1-3-18(2)31(27(33)19-7-6-8-20(28)15-19)16-26(32)30-13-11-25-21(12-14-35-25)23(30)17-34-24-10-5-4-9-22(24)29/h4-10,12,14-15,18,23H,3,11,13,16-17H2,1-2H3/t18-,23-/m0/s1. The minimum Gasteiger partial charge on any atom is -0.488 e. The van der Waals surface area contributed by atoms with Gasteiger partial charge in [0.1, 0.15) is 19.0 Å². The van der Waals surface area contributed by atoms with Gasteiger partial charge in [-0.3, -0.25) is 9.59 Å². The van der Waals surface area contributed by atoms with Crippen LogP contribution < -0.4 is 4.74 Å². The van der Waals surface area contributed by atoms with Crippen LogP contribution in [0.2, 0.25) is 0 Å². The summed E-state index contributed by atoms with van der Waals surface area (Å²) in [5.74, 6) is -1.45. The van der Waals surface area contributed by atoms with Gasteiger partial charge in [0.15, 0.2) is 11.6 Å². The molecule has 0 spiro atoms. The molecule has 0 unspecified atom stereocenters. The monoisotopic (exact) mass is 498 g/mol. The predicted molar refractivity (Wildman–Crippen MR) is 132 cm³/mol. The lowest BCUT2D eigenvalue weighted by Crippen LogP contribution is -2.49. The number of rotatable bonds is 8. The van der Waals surface area contributed by atoms with Gasteiger partial charge in [0.25, 0.3) is 5.91 Å². The summed E-state index contributed by atoms with van der Waals surface area (Å²) in [6.45, 7) is 4.23. The quantitative estimate of drug-likeness (QED) is 0.414. The molecule has 0 aliphatic carbocycles. The highest BCUT2D eigenvalue weighted by Gasteiger charge is 2.34. The highest BCUT2D eigenvalue weighted by Crippen LogP contribution is 2.34. The third kappa shape index (κ3) is 5.53. The van der Waals surface area contributed by atoms with E-state index in [1.807, 2.05) is 25.3 Å². The number of amides is 2. The Labute approximate surface area is 207 Å². The molecule has 2 amide bonds. The summed E-state index contributed by atoms with van der Waals surface area (Å²) in [5, 5.41) is 1.98. The second kappa shape index (κ2) is 11.0. The molecule has 8 heteroatoms. The number of carbonyl (C=O) groups excluding carboxylic acids is 2. The zero-order valence-corrected chi connectivity index (χ0v) is 20.6. The van der Waals surface area contributed by atoms with Crippen molar-refractivity contribution in [3.8, 4) is 5.75 Å². The SMILES string of the molecule is CC[C@H](C)N(CC(=O)N1CCc2sccc2[C@@H]1COc1ccccc1F)C(=O)c1cccc(F)c1. The molecule has 2 atom stereocenters. The van der Waals surface area contributed by atoms with Gasteiger partial charge in [-0.1, -0.05) is 25.1 Å². The molecule has 35 heavy (non-hydrogen) atoms. The third-order valence-corrected chi connectivity index (χ3v) is 7.41. The molecular formula is C27H28F2N2O3S. The van der Waals surface area contributed by atoms with Crippen molar-refractivity contribution in [3.05, 3.63) is 87.6 Å². The fraction of sp³-hybridized carbons (Fsp3) is 0.333. The number of carbonyl (C=O) groups is 2. The van der Waals surface area contributed by atoms with Gasteiger partial charge in [0.05, 0.1) is 6.04 Å². The van der Waals surface area contributed by atoms with E-state index in [2.05, 4.69) is 0 Å². The summed E-state index contributed by atoms with van der Waals surface area (Å²) in [4.78, 5) is 31.2. The van der Waals surface area contributed by atoms with Gasteiger partial charge in [0, 0.05) is 23.0 Å². The molecule has 1 aliphatic rings. The molecule has 184 valence electrons. The molecule has 1 aliphatic heterocycles. The van der Waals surface area contributed by atoms with Crippen LogP contribution in [0.3, 0.4) is 0 Å². The van der Waals surface area contributed by atoms with Gasteiger partial charge in [-0.15, -0.1) is 11.3 Å². The number of nitrogens with zero attached hydrogens (tertiary/aromatic N) is 2. The fourth-order valence-electron chi connectivity index (χ4n) is 4.28. The summed E-state index contributed by atoms with van der Waals surface area (Å²) < 4.78 is 33.7. The molecule has 0 fully saturated rings. The van der Waals surface area contributed by atoms with E-state index in [4.69, 9.17) is 4.74 Å². The predicted octanol–water partition coefficient (Wildman–Crippen LogP) is 5.47. The van der Waals surface area contributed by atoms with Gasteiger partial charge in [-0.2, -0.15) is 0 Å². The van der Waals surface area contributed by atoms with Crippen molar-refractivity contribution in [3.63, 3.8) is 0 Å². The fourth-order valence-corrected chi connectivity index (χ4v) is 5.21. The van der Waals surface area contributed by atoms with Crippen molar-refractivity contribution >= 4 is 23.2 Å². The van der Waals surface area contributed by atoms with E-state index in [1.54, 1.807) is 40.5 Å². The van der Waals surface area contributed by atoms with Crippen LogP contribution in [0.4, 0.5) is 8.78 Å². The molecule has 0 radical (unpaired) electrons. The first-order valence-electron chi connectivity index (χ1n) is 11.7. The van der Waals surface area contributed by atoms with E-state index in [1.165, 1.54) is 34.0 Å². The summed E-state index contributed by atoms with van der Waals surface area (Å²) >= 11 is 1.63. The smallest absolute Gasteiger partial charge is 0.254 e. The normalized spacial score (nSPS) is 15.9. The van der Waals surface area contributed by atoms with Gasteiger partial charge in [-0.05, 0) is 67.1 Å². The lowest BCUT2D eigenvalue weighted by molar-refractivity contribution is -0.136. The summed E-state index contributed by atoms with van der Waals surface area (Å²) in [7, 11) is 0. The Kier molecular flexibility index (Phi) is 7.80. The Balaban J connectivity index is 1.56. The van der Waals surface area contributed by atoms with Crippen LogP contribution in [0.5, 0.6) is 5.75 Å². The number of thiophene rings is 1. The molecule has 5 nitrogen and oxygen atoms in total. The molecule has 1 aromatic heterocycles. The molecular weight excluding hydrogens is 470 g/mol. The number of hydrogen-bond donors (Lipinski definition) is 0. The molecule has 0 saturated carbocycles. The maximum absolute atomic E-state index is 14.1. The molecule has 2 heterocycles. The first-order chi connectivity index (χ1) is 16.9. The molecule has 0 N–H and O–H groups in total. The van der Waals surface area contributed by atoms with Crippen LogP contribution in [-0.2, 0) is 11.2 Å². The van der Waals surface area contributed by atoms with Crippen LogP contribution in [0.15, 0.2) is 60.0 Å². The largest absolute Gasteiger partial charge is 0.488 e. The third-order valence-electron chi connectivity index (χ3n) is 6.41. The highest BCUT2D eigenvalue weighted by atomic mass is 32.1. The first-order valence-corrected chi connectivity index (χ1v) is 12.6. The molecule has 0 saturated heterocycles. The van der Waals surface area contributed by atoms with Crippen LogP contribution >= 0.6 is 11.3 Å². The van der Waals surface area contributed by atoms with E-state index in [0.717, 1.165) is 5.56 Å². The Bertz CT molecular complexity index is 1200. The van der Waals surface area contributed by atoms with E-state index in [-0.39, 0.29) is 42.3 Å². The van der Waals surface area contributed by atoms with Crippen molar-refractivity contribution in [2.75, 3.05) is 19.7 Å². The van der Waals surface area contributed by atoms with Crippen LogP contribution in [0, 0.1) is 11.6 Å². The summed E-state index contributed by atoms with van der Waals surface area (Å²) in [6.07, 6.45) is 1.35. The maximum Gasteiger partial charge on any atom is 0.254 e. The van der Waals surface area contributed by atoms with Crippen molar-refractivity contribution in [1.29, 1.82) is 0 Å². The van der Waals surface area contributed by atoms with E-state index in [9.17, 15) is 18.4 Å². The van der Waals surface area contributed by atoms with Gasteiger partial charge in [-0.25, -0.2) is 8.78 Å². The zero-order valence-electron chi connectivity index (χ0n) is 19.7. The number of fused-ring (bicyclic) bond motifs is 1. The second-order valence-corrected chi connectivity index (χ2v) is 9.59. The number of para-hydroxylation sites is 1. The lowest BCUT2D eigenvalue weighted by Gasteiger charge is -2.38. The van der Waals surface area contributed by atoms with E-state index in [0.29, 0.717) is 19.4 Å². The number of benzene rings is 2. The Morgan fingerprint density at radius 1 is 1.17 bits per heavy atom. The molecule has 2 aromatic carbocycles. The highest BCUT2D eigenvalue weighted by molar-refractivity contribution is 7.10. The topological polar surface area (TPSA) is 49.9 Å².